The van der Waals surface area contributed by atoms with Crippen LogP contribution in [0.25, 0.3) is 0 Å². The summed E-state index contributed by atoms with van der Waals surface area (Å²) in [5.74, 6) is 0.00749. The summed E-state index contributed by atoms with van der Waals surface area (Å²) in [7, 11) is 1.91. The summed E-state index contributed by atoms with van der Waals surface area (Å²) in [6, 6.07) is 6.82. The third-order valence-corrected chi connectivity index (χ3v) is 6.69. The first-order valence-electron chi connectivity index (χ1n) is 10.5. The summed E-state index contributed by atoms with van der Waals surface area (Å²) < 4.78 is 15.7. The van der Waals surface area contributed by atoms with E-state index in [0.717, 1.165) is 55.7 Å². The fourth-order valence-electron chi connectivity index (χ4n) is 5.50. The second-order valence-electron chi connectivity index (χ2n) is 9.34. The number of carbonyl (C=O) groups is 1. The maximum atomic E-state index is 13.8. The van der Waals surface area contributed by atoms with Crippen LogP contribution in [0.2, 0.25) is 0 Å². The first kappa shape index (κ1) is 19.9. The normalized spacial score (nSPS) is 23.3. The van der Waals surface area contributed by atoms with Crippen molar-refractivity contribution >= 4 is 11.6 Å². The zero-order valence-corrected chi connectivity index (χ0v) is 17.9. The Hall–Kier alpha value is -2.37. The number of rotatable bonds is 4. The summed E-state index contributed by atoms with van der Waals surface area (Å²) in [6.45, 7) is 7.98. The van der Waals surface area contributed by atoms with Gasteiger partial charge in [-0.25, -0.2) is 4.39 Å². The van der Waals surface area contributed by atoms with Crippen LogP contribution in [0.5, 0.6) is 0 Å². The molecule has 0 bridgehead atoms. The summed E-state index contributed by atoms with van der Waals surface area (Å²) in [5.41, 5.74) is 2.75. The zero-order chi connectivity index (χ0) is 20.8. The highest BCUT2D eigenvalue weighted by atomic mass is 19.1. The lowest BCUT2D eigenvalue weighted by Gasteiger charge is -2.35. The van der Waals surface area contributed by atoms with E-state index >= 15 is 0 Å². The molecular formula is C23H31FN4O. The fraction of sp³-hybridized carbons (Fsp3) is 0.565. The number of hydrogen-bond donors (Lipinski definition) is 0. The van der Waals surface area contributed by atoms with Gasteiger partial charge in [0.15, 0.2) is 0 Å². The molecule has 29 heavy (non-hydrogen) atoms. The first-order valence-corrected chi connectivity index (χ1v) is 10.5. The van der Waals surface area contributed by atoms with E-state index in [1.165, 1.54) is 6.07 Å². The maximum absolute atomic E-state index is 13.8. The van der Waals surface area contributed by atoms with Gasteiger partial charge in [0.05, 0.1) is 11.2 Å². The highest BCUT2D eigenvalue weighted by Crippen LogP contribution is 2.47. The van der Waals surface area contributed by atoms with Crippen molar-refractivity contribution in [1.29, 1.82) is 0 Å². The van der Waals surface area contributed by atoms with E-state index in [0.29, 0.717) is 6.42 Å². The topological polar surface area (TPSA) is 41.4 Å². The number of carbonyl (C=O) groups excluding carboxylic acids is 1. The van der Waals surface area contributed by atoms with E-state index in [2.05, 4.69) is 28.7 Å². The van der Waals surface area contributed by atoms with Gasteiger partial charge in [-0.3, -0.25) is 9.48 Å². The average Bonchev–Trinajstić information content (AvgIpc) is 3.28. The standard InChI is InChI=1S/C23H31FN4O/c1-17-18(14-26(4)25-17)9-10-21(29)27-12-6-11-23(27)15-22(2,3)28(16-23)20-8-5-7-19(24)13-20/h5,7-8,13-14H,6,9-12,15-16H2,1-4H3. The van der Waals surface area contributed by atoms with Crippen LogP contribution in [-0.2, 0) is 18.3 Å². The van der Waals surface area contributed by atoms with Crippen molar-refractivity contribution in [3.05, 3.63) is 47.5 Å². The molecule has 1 unspecified atom stereocenters. The zero-order valence-electron chi connectivity index (χ0n) is 17.9. The highest BCUT2D eigenvalue weighted by molar-refractivity contribution is 5.78. The lowest BCUT2D eigenvalue weighted by molar-refractivity contribution is -0.134. The van der Waals surface area contributed by atoms with Crippen molar-refractivity contribution in [2.24, 2.45) is 7.05 Å². The number of aromatic nitrogens is 2. The highest BCUT2D eigenvalue weighted by Gasteiger charge is 2.54. The monoisotopic (exact) mass is 398 g/mol. The van der Waals surface area contributed by atoms with E-state index < -0.39 is 0 Å². The van der Waals surface area contributed by atoms with Gasteiger partial charge < -0.3 is 9.80 Å². The van der Waals surface area contributed by atoms with Gasteiger partial charge in [-0.15, -0.1) is 0 Å². The van der Waals surface area contributed by atoms with E-state index in [4.69, 9.17) is 0 Å². The number of anilines is 1. The Morgan fingerprint density at radius 3 is 2.79 bits per heavy atom. The molecule has 1 aromatic carbocycles. The molecule has 5 nitrogen and oxygen atoms in total. The van der Waals surface area contributed by atoms with Gasteiger partial charge in [0, 0.05) is 44.0 Å². The van der Waals surface area contributed by atoms with Gasteiger partial charge in [-0.1, -0.05) is 6.07 Å². The fourth-order valence-corrected chi connectivity index (χ4v) is 5.50. The lowest BCUT2D eigenvalue weighted by Crippen LogP contribution is -2.49. The molecule has 0 aliphatic carbocycles. The van der Waals surface area contributed by atoms with Gasteiger partial charge in [0.2, 0.25) is 5.91 Å². The Morgan fingerprint density at radius 2 is 2.10 bits per heavy atom. The van der Waals surface area contributed by atoms with E-state index in [1.807, 2.05) is 30.9 Å². The molecule has 156 valence electrons. The molecule has 0 N–H and O–H groups in total. The number of likely N-dealkylation sites (tertiary alicyclic amines) is 1. The maximum Gasteiger partial charge on any atom is 0.223 e. The van der Waals surface area contributed by atoms with Crippen molar-refractivity contribution < 1.29 is 9.18 Å². The molecule has 2 aliphatic heterocycles. The average molecular weight is 399 g/mol. The predicted octanol–water partition coefficient (Wildman–Crippen LogP) is 3.85. The number of aryl methyl sites for hydroxylation is 3. The van der Waals surface area contributed by atoms with E-state index in [9.17, 15) is 9.18 Å². The molecule has 0 saturated carbocycles. The van der Waals surface area contributed by atoms with Gasteiger partial charge in [-0.2, -0.15) is 5.10 Å². The Labute approximate surface area is 172 Å². The third-order valence-electron chi connectivity index (χ3n) is 6.69. The molecule has 6 heteroatoms. The van der Waals surface area contributed by atoms with Crippen LogP contribution >= 0.6 is 0 Å². The number of nitrogens with zero attached hydrogens (tertiary/aromatic N) is 4. The molecule has 0 radical (unpaired) electrons. The Balaban J connectivity index is 1.52. The summed E-state index contributed by atoms with van der Waals surface area (Å²) in [6.07, 6.45) is 6.20. The molecule has 4 rings (SSSR count). The molecule has 1 aromatic heterocycles. The van der Waals surface area contributed by atoms with Crippen LogP contribution in [0.1, 0.15) is 50.8 Å². The van der Waals surface area contributed by atoms with Gasteiger partial charge in [0.1, 0.15) is 5.82 Å². The van der Waals surface area contributed by atoms with Crippen LogP contribution < -0.4 is 4.90 Å². The molecule has 2 fully saturated rings. The van der Waals surface area contributed by atoms with Gasteiger partial charge in [0.25, 0.3) is 0 Å². The Kier molecular flexibility index (Phi) is 4.91. The minimum absolute atomic E-state index is 0.128. The molecule has 2 aliphatic rings. The van der Waals surface area contributed by atoms with E-state index in [-0.39, 0.29) is 22.8 Å². The number of halogens is 1. The van der Waals surface area contributed by atoms with Crippen LogP contribution in [0.4, 0.5) is 10.1 Å². The summed E-state index contributed by atoms with van der Waals surface area (Å²) >= 11 is 0. The van der Waals surface area contributed by atoms with Gasteiger partial charge >= 0.3 is 0 Å². The van der Waals surface area contributed by atoms with Crippen molar-refractivity contribution in [2.45, 2.75) is 64.0 Å². The Morgan fingerprint density at radius 1 is 1.31 bits per heavy atom. The largest absolute Gasteiger partial charge is 0.364 e. The van der Waals surface area contributed by atoms with Crippen molar-refractivity contribution in [2.75, 3.05) is 18.0 Å². The number of amides is 1. The molecular weight excluding hydrogens is 367 g/mol. The van der Waals surface area contributed by atoms with Crippen LogP contribution in [0, 0.1) is 12.7 Å². The summed E-state index contributed by atoms with van der Waals surface area (Å²) in [5, 5.41) is 4.38. The second-order valence-corrected chi connectivity index (χ2v) is 9.34. The second kappa shape index (κ2) is 7.15. The van der Waals surface area contributed by atoms with Gasteiger partial charge in [-0.05, 0) is 70.2 Å². The number of hydrogen-bond acceptors (Lipinski definition) is 3. The van der Waals surface area contributed by atoms with Crippen molar-refractivity contribution in [3.63, 3.8) is 0 Å². The first-order chi connectivity index (χ1) is 13.7. The minimum Gasteiger partial charge on any atom is -0.364 e. The van der Waals surface area contributed by atoms with Crippen LogP contribution in [-0.4, -0.2) is 44.8 Å². The van der Waals surface area contributed by atoms with Crippen LogP contribution in [0.3, 0.4) is 0 Å². The Bertz CT molecular complexity index is 921. The molecule has 1 atom stereocenters. The van der Waals surface area contributed by atoms with Crippen molar-refractivity contribution in [3.8, 4) is 0 Å². The van der Waals surface area contributed by atoms with E-state index in [1.54, 1.807) is 12.1 Å². The third kappa shape index (κ3) is 3.65. The van der Waals surface area contributed by atoms with Crippen LogP contribution in [0.15, 0.2) is 30.5 Å². The molecule has 3 heterocycles. The molecule has 2 aromatic rings. The minimum atomic E-state index is -0.217. The molecule has 2 saturated heterocycles. The molecule has 1 amide bonds. The number of benzene rings is 1. The summed E-state index contributed by atoms with van der Waals surface area (Å²) in [4.78, 5) is 17.6. The lowest BCUT2D eigenvalue weighted by atomic mass is 9.87. The SMILES string of the molecule is Cc1nn(C)cc1CCC(=O)N1CCCC12CN(c1cccc(F)c1)C(C)(C)C2. The quantitative estimate of drug-likeness (QED) is 0.786. The van der Waals surface area contributed by atoms with Crippen molar-refractivity contribution in [1.82, 2.24) is 14.7 Å². The smallest absolute Gasteiger partial charge is 0.223 e. The molecule has 1 spiro atoms. The predicted molar refractivity (Wildman–Crippen MR) is 112 cm³/mol.